The smallest absolute Gasteiger partial charge is 0.373 e. The fraction of sp³-hybridized carbons (Fsp3) is 0.500. The van der Waals surface area contributed by atoms with Gasteiger partial charge in [0, 0.05) is 41.5 Å². The van der Waals surface area contributed by atoms with Crippen molar-refractivity contribution in [1.82, 2.24) is 19.4 Å². The van der Waals surface area contributed by atoms with Gasteiger partial charge in [-0.2, -0.15) is 18.4 Å². The molecular weight excluding hydrogens is 549 g/mol. The normalized spacial score (nSPS) is 17.7. The highest BCUT2D eigenvalue weighted by Crippen LogP contribution is 2.33. The summed E-state index contributed by atoms with van der Waals surface area (Å²) in [4.78, 5) is 11.8. The average molecular weight is 583 g/mol. The first-order chi connectivity index (χ1) is 19.8. The third kappa shape index (κ3) is 6.66. The number of nitrogens with one attached hydrogen (secondary N) is 1. The van der Waals surface area contributed by atoms with Gasteiger partial charge in [-0.05, 0) is 61.9 Å². The first-order valence-corrected chi connectivity index (χ1v) is 15.1. The number of piperidine rings is 1. The van der Waals surface area contributed by atoms with Gasteiger partial charge in [0.25, 0.3) is 0 Å². The highest BCUT2D eigenvalue weighted by Gasteiger charge is 2.29. The molecule has 1 unspecified atom stereocenters. The van der Waals surface area contributed by atoms with E-state index in [0.717, 1.165) is 74.0 Å². The minimum atomic E-state index is -4.25. The van der Waals surface area contributed by atoms with Gasteiger partial charge in [-0.1, -0.05) is 13.0 Å². The lowest BCUT2D eigenvalue weighted by Gasteiger charge is -2.32. The number of fused-ring (bicyclic) bond motifs is 2. The Morgan fingerprint density at radius 3 is 2.66 bits per heavy atom. The van der Waals surface area contributed by atoms with Crippen LogP contribution >= 0.6 is 11.3 Å². The largest absolute Gasteiger partial charge is 0.393 e. The fourth-order valence-corrected chi connectivity index (χ4v) is 6.67. The lowest BCUT2D eigenvalue weighted by atomic mass is 10.0. The fourth-order valence-electron chi connectivity index (χ4n) is 5.65. The summed E-state index contributed by atoms with van der Waals surface area (Å²) in [6.07, 6.45) is 1.70. The van der Waals surface area contributed by atoms with Crippen LogP contribution in [0.5, 0.6) is 0 Å². The monoisotopic (exact) mass is 582 g/mol. The highest BCUT2D eigenvalue weighted by molar-refractivity contribution is 7.18. The van der Waals surface area contributed by atoms with E-state index in [-0.39, 0.29) is 17.0 Å². The van der Waals surface area contributed by atoms with Crippen molar-refractivity contribution in [2.45, 2.75) is 83.0 Å². The number of hydrogen-bond acceptors (Lipinski definition) is 7. The number of likely N-dealkylation sites (tertiary alicyclic amines) is 1. The molecule has 1 saturated heterocycles. The summed E-state index contributed by atoms with van der Waals surface area (Å²) in [6, 6.07) is 12.6. The maximum atomic E-state index is 12.9. The van der Waals surface area contributed by atoms with Gasteiger partial charge in [0.2, 0.25) is 0 Å². The van der Waals surface area contributed by atoms with E-state index in [0.29, 0.717) is 34.4 Å². The summed E-state index contributed by atoms with van der Waals surface area (Å²) in [5.41, 5.74) is 2.94. The molecule has 0 radical (unpaired) electrons. The van der Waals surface area contributed by atoms with Crippen molar-refractivity contribution < 1.29 is 17.9 Å². The van der Waals surface area contributed by atoms with Crippen LogP contribution in [0.25, 0.3) is 21.1 Å². The number of rotatable bonds is 10. The van der Waals surface area contributed by atoms with Gasteiger partial charge < -0.3 is 14.6 Å². The van der Waals surface area contributed by atoms with Crippen LogP contribution in [0.15, 0.2) is 36.7 Å². The van der Waals surface area contributed by atoms with Crippen LogP contribution in [0.3, 0.4) is 0 Å². The van der Waals surface area contributed by atoms with E-state index >= 15 is 0 Å². The van der Waals surface area contributed by atoms with Crippen molar-refractivity contribution in [2.24, 2.45) is 0 Å². The topological polar surface area (TPSA) is 79.0 Å². The molecule has 1 atom stereocenters. The molecule has 7 nitrogen and oxygen atoms in total. The van der Waals surface area contributed by atoms with Crippen LogP contribution in [0, 0.1) is 11.3 Å². The van der Waals surface area contributed by atoms with Crippen molar-refractivity contribution in [3.05, 3.63) is 52.8 Å². The summed E-state index contributed by atoms with van der Waals surface area (Å²) in [5.74, 6) is 0.606. The number of ether oxygens (including phenoxy) is 1. The zero-order valence-electron chi connectivity index (χ0n) is 23.0. The van der Waals surface area contributed by atoms with Crippen molar-refractivity contribution in [3.8, 4) is 6.07 Å². The second-order valence-corrected chi connectivity index (χ2v) is 12.3. The van der Waals surface area contributed by atoms with Crippen LogP contribution < -0.4 is 5.32 Å². The van der Waals surface area contributed by atoms with Gasteiger partial charge in [-0.3, -0.25) is 4.90 Å². The molecule has 2 fully saturated rings. The van der Waals surface area contributed by atoms with Crippen LogP contribution in [0.2, 0.25) is 0 Å². The number of benzene rings is 1. The predicted octanol–water partition coefficient (Wildman–Crippen LogP) is 6.66. The van der Waals surface area contributed by atoms with Gasteiger partial charge in [-0.15, -0.1) is 11.3 Å². The molecule has 1 aliphatic carbocycles. The van der Waals surface area contributed by atoms with Gasteiger partial charge in [-0.25, -0.2) is 9.97 Å². The van der Waals surface area contributed by atoms with E-state index in [4.69, 9.17) is 4.74 Å². The van der Waals surface area contributed by atoms with Crippen molar-refractivity contribution >= 4 is 38.3 Å². The molecule has 0 spiro atoms. The van der Waals surface area contributed by atoms with E-state index in [1.165, 1.54) is 11.9 Å². The molecular formula is C30H33F3N6OS. The molecule has 0 bridgehead atoms. The molecule has 216 valence electrons. The van der Waals surface area contributed by atoms with Crippen molar-refractivity contribution in [2.75, 3.05) is 18.4 Å². The van der Waals surface area contributed by atoms with E-state index in [2.05, 4.69) is 55.9 Å². The molecule has 11 heteroatoms. The minimum absolute atomic E-state index is 0.111. The minimum Gasteiger partial charge on any atom is -0.373 e. The summed E-state index contributed by atoms with van der Waals surface area (Å²) < 4.78 is 46.9. The van der Waals surface area contributed by atoms with E-state index in [1.807, 2.05) is 6.07 Å². The lowest BCUT2D eigenvalue weighted by Crippen LogP contribution is -2.38. The van der Waals surface area contributed by atoms with Crippen LogP contribution in [0.4, 0.5) is 19.0 Å². The van der Waals surface area contributed by atoms with E-state index in [1.54, 1.807) is 6.07 Å². The molecule has 1 aliphatic heterocycles. The molecule has 0 amide bonds. The average Bonchev–Trinajstić information content (AvgIpc) is 3.56. The third-order valence-corrected chi connectivity index (χ3v) is 8.96. The number of alkyl halides is 3. The van der Waals surface area contributed by atoms with E-state index < -0.39 is 12.6 Å². The van der Waals surface area contributed by atoms with Crippen molar-refractivity contribution in [3.63, 3.8) is 0 Å². The first-order valence-electron chi connectivity index (χ1n) is 14.2. The van der Waals surface area contributed by atoms with Gasteiger partial charge >= 0.3 is 6.18 Å². The Morgan fingerprint density at radius 2 is 1.95 bits per heavy atom. The quantitative estimate of drug-likeness (QED) is 0.225. The molecule has 1 aromatic carbocycles. The number of anilines is 1. The number of halogens is 3. The Bertz CT molecular complexity index is 1560. The maximum absolute atomic E-state index is 12.9. The maximum Gasteiger partial charge on any atom is 0.393 e. The summed E-state index contributed by atoms with van der Waals surface area (Å²) >= 11 is 1.07. The van der Waals surface area contributed by atoms with Crippen LogP contribution in [-0.2, 0) is 24.2 Å². The molecule has 6 rings (SSSR count). The Labute approximate surface area is 240 Å². The lowest BCUT2D eigenvalue weighted by molar-refractivity contribution is -0.126. The molecule has 1 N–H and O–H groups in total. The number of nitrogens with zero attached hydrogens (tertiary/aromatic N) is 5. The molecule has 4 heterocycles. The van der Waals surface area contributed by atoms with Crippen LogP contribution in [-0.4, -0.2) is 57.0 Å². The highest BCUT2D eigenvalue weighted by atomic mass is 32.1. The standard InChI is InChI=1S/C30H33F3N6OS/c1-2-23(40-24-4-5-24)17-39-22(15-34)12-20-11-19(3-6-27(20)39)16-38-9-7-21(8-10-38)37-28-26-13-25(14-30(31,32)33)41-29(26)36-18-35-28/h3,6,11-13,18,21,23-24H,2,4-5,7-10,14,16-17H2,1H3,(H,35,36,37). The predicted molar refractivity (Wildman–Crippen MR) is 154 cm³/mol. The third-order valence-electron chi connectivity index (χ3n) is 7.92. The number of thiophene rings is 1. The van der Waals surface area contributed by atoms with Crippen LogP contribution in [0.1, 0.15) is 55.2 Å². The van der Waals surface area contributed by atoms with Crippen molar-refractivity contribution in [1.29, 1.82) is 5.26 Å². The number of nitriles is 1. The van der Waals surface area contributed by atoms with Gasteiger partial charge in [0.15, 0.2) is 0 Å². The Morgan fingerprint density at radius 1 is 1.15 bits per heavy atom. The Balaban J connectivity index is 1.08. The zero-order chi connectivity index (χ0) is 28.6. The molecule has 1 saturated carbocycles. The Kier molecular flexibility index (Phi) is 7.90. The zero-order valence-corrected chi connectivity index (χ0v) is 23.8. The SMILES string of the molecule is CCC(Cn1c(C#N)cc2cc(CN3CCC(Nc4ncnc5sc(CC(F)(F)F)cc45)CC3)ccc21)OC1CC1. The van der Waals surface area contributed by atoms with Gasteiger partial charge in [0.05, 0.1) is 30.6 Å². The Hall–Kier alpha value is -3.20. The number of hydrogen-bond donors (Lipinski definition) is 1. The first kappa shape index (κ1) is 27.9. The van der Waals surface area contributed by atoms with Gasteiger partial charge in [0.1, 0.15) is 28.7 Å². The molecule has 3 aromatic heterocycles. The second-order valence-electron chi connectivity index (χ2n) is 11.2. The molecule has 2 aliphatic rings. The summed E-state index contributed by atoms with van der Waals surface area (Å²) in [5, 5.41) is 15.0. The molecule has 41 heavy (non-hydrogen) atoms. The number of aromatic nitrogens is 3. The summed E-state index contributed by atoms with van der Waals surface area (Å²) in [7, 11) is 0. The molecule has 4 aromatic rings. The second kappa shape index (κ2) is 11.6. The summed E-state index contributed by atoms with van der Waals surface area (Å²) in [6.45, 7) is 5.43. The van der Waals surface area contributed by atoms with E-state index in [9.17, 15) is 18.4 Å².